The predicted octanol–water partition coefficient (Wildman–Crippen LogP) is 6.73. The van der Waals surface area contributed by atoms with Gasteiger partial charge in [-0.25, -0.2) is 0 Å². The highest BCUT2D eigenvalue weighted by Gasteiger charge is 2.62. The van der Waals surface area contributed by atoms with Crippen molar-refractivity contribution in [2.24, 2.45) is 5.16 Å². The number of oxime groups is 1. The van der Waals surface area contributed by atoms with E-state index in [0.717, 1.165) is 6.07 Å². The molecule has 0 bridgehead atoms. The van der Waals surface area contributed by atoms with Crippen LogP contribution < -0.4 is 5.46 Å². The maximum Gasteiger partial charge on any atom is 0.435 e. The zero-order chi connectivity index (χ0) is 24.8. The average molecular weight is 612 g/mol. The largest absolute Gasteiger partial charge is 0.435 e. The quantitative estimate of drug-likeness (QED) is 0.214. The molecule has 1 heterocycles. The second-order valence-electron chi connectivity index (χ2n) is 7.17. The lowest BCUT2D eigenvalue weighted by Crippen LogP contribution is -2.43. The minimum Gasteiger partial charge on any atom is -0.374 e. The average Bonchev–Trinajstić information content (AvgIpc) is 3.12. The molecule has 1 aliphatic heterocycles. The maximum absolute atomic E-state index is 14.1. The van der Waals surface area contributed by atoms with E-state index in [4.69, 9.17) is 11.6 Å². The number of nitrogens with zero attached hydrogens (tertiary/aromatic N) is 1. The van der Waals surface area contributed by atoms with Crippen molar-refractivity contribution in [3.8, 4) is 0 Å². The minimum absolute atomic E-state index is 0.0829. The lowest BCUT2D eigenvalue weighted by atomic mass is 9.83. The van der Waals surface area contributed by atoms with E-state index in [1.807, 2.05) is 0 Å². The highest BCUT2D eigenvalue weighted by molar-refractivity contribution is 14.1. The van der Waals surface area contributed by atoms with Crippen LogP contribution in [-0.2, 0) is 23.0 Å². The molecular formula is C19H10BClF9INO. The molecule has 1 unspecified atom stereocenters. The van der Waals surface area contributed by atoms with Crippen LogP contribution in [0.2, 0.25) is 5.02 Å². The zero-order valence-electron chi connectivity index (χ0n) is 16.0. The number of halogens is 11. The van der Waals surface area contributed by atoms with Crippen LogP contribution in [0, 0.1) is 0 Å². The fraction of sp³-hybridized carbons (Fsp3) is 0.316. The number of benzene rings is 2. The zero-order valence-corrected chi connectivity index (χ0v) is 18.9. The fourth-order valence-electron chi connectivity index (χ4n) is 3.31. The predicted molar refractivity (Wildman–Crippen MR) is 112 cm³/mol. The van der Waals surface area contributed by atoms with Crippen molar-refractivity contribution < 1.29 is 44.4 Å². The van der Waals surface area contributed by atoms with Gasteiger partial charge in [-0.05, 0) is 35.4 Å². The molecule has 3 rings (SSSR count). The molecule has 2 aromatic carbocycles. The van der Waals surface area contributed by atoms with Gasteiger partial charge in [0.1, 0.15) is 0 Å². The first-order chi connectivity index (χ1) is 15.1. The minimum atomic E-state index is -5.23. The van der Waals surface area contributed by atoms with Crippen molar-refractivity contribution in [2.45, 2.75) is 37.0 Å². The van der Waals surface area contributed by atoms with E-state index < -0.39 is 53.1 Å². The van der Waals surface area contributed by atoms with Crippen LogP contribution in [0.4, 0.5) is 39.5 Å². The Bertz CT molecular complexity index is 1080. The van der Waals surface area contributed by atoms with Crippen molar-refractivity contribution in [3.05, 3.63) is 63.7 Å². The Kier molecular flexibility index (Phi) is 6.97. The van der Waals surface area contributed by atoms with Gasteiger partial charge < -0.3 is 4.84 Å². The van der Waals surface area contributed by atoms with E-state index in [1.165, 1.54) is 17.3 Å². The van der Waals surface area contributed by atoms with Gasteiger partial charge >= 0.3 is 18.5 Å². The second kappa shape index (κ2) is 8.86. The third-order valence-corrected chi connectivity index (χ3v) is 5.75. The van der Waals surface area contributed by atoms with E-state index in [9.17, 15) is 39.5 Å². The number of hydrogen-bond donors (Lipinski definition) is 0. The monoisotopic (exact) mass is 612 g/mol. The summed E-state index contributed by atoms with van der Waals surface area (Å²) in [5, 5.41) is 4.17. The first kappa shape index (κ1) is 26.0. The molecule has 1 atom stereocenters. The molecule has 1 aliphatic rings. The Morgan fingerprint density at radius 3 is 2.21 bits per heavy atom. The van der Waals surface area contributed by atoms with Crippen LogP contribution in [0.3, 0.4) is 0 Å². The molecule has 0 fully saturated rings. The van der Waals surface area contributed by atoms with Crippen molar-refractivity contribution in [1.29, 1.82) is 0 Å². The van der Waals surface area contributed by atoms with Gasteiger partial charge in [0.05, 0.1) is 17.7 Å². The van der Waals surface area contributed by atoms with Crippen LogP contribution >= 0.6 is 34.0 Å². The van der Waals surface area contributed by atoms with Gasteiger partial charge in [-0.1, -0.05) is 34.4 Å². The maximum atomic E-state index is 14.1. The normalized spacial score (nSPS) is 19.3. The van der Waals surface area contributed by atoms with Crippen LogP contribution in [0.25, 0.3) is 0 Å². The highest BCUT2D eigenvalue weighted by Crippen LogP contribution is 2.50. The molecule has 2 nitrogen and oxygen atoms in total. The van der Waals surface area contributed by atoms with Crippen molar-refractivity contribution in [2.75, 3.05) is 0 Å². The molecule has 0 amide bonds. The molecule has 177 valence electrons. The molecule has 2 aromatic rings. The van der Waals surface area contributed by atoms with Crippen molar-refractivity contribution in [1.82, 2.24) is 0 Å². The first-order valence-corrected chi connectivity index (χ1v) is 10.5. The third kappa shape index (κ3) is 5.55. The summed E-state index contributed by atoms with van der Waals surface area (Å²) in [5.41, 5.74) is -6.09. The van der Waals surface area contributed by atoms with Gasteiger partial charge in [0.15, 0.2) is 0 Å². The molecule has 0 aliphatic carbocycles. The molecule has 0 aromatic heterocycles. The highest BCUT2D eigenvalue weighted by atomic mass is 127. The summed E-state index contributed by atoms with van der Waals surface area (Å²) in [7, 11) is 0. The molecule has 1 radical (unpaired) electrons. The first-order valence-electron chi connectivity index (χ1n) is 8.89. The molecule has 0 saturated heterocycles. The summed E-state index contributed by atoms with van der Waals surface area (Å²) >= 11 is 7.37. The summed E-state index contributed by atoms with van der Waals surface area (Å²) in [6.45, 7) is 0. The third-order valence-electron chi connectivity index (χ3n) is 4.86. The summed E-state index contributed by atoms with van der Waals surface area (Å²) in [6.07, 6.45) is -17.2. The Morgan fingerprint density at radius 2 is 1.67 bits per heavy atom. The molecule has 0 saturated carbocycles. The lowest BCUT2D eigenvalue weighted by Gasteiger charge is -2.30. The summed E-state index contributed by atoms with van der Waals surface area (Å²) < 4.78 is 120. The molecule has 0 spiro atoms. The SMILES string of the molecule is FC(F)(F)Cc1cc(C2=NOC(c3cc(Cl)cc(C(F)(F)F)c3)(C(F)(F)F)C2)ccc1[B]I. The molecule has 0 N–H and O–H groups in total. The number of hydrogen-bond acceptors (Lipinski definition) is 2. The summed E-state index contributed by atoms with van der Waals surface area (Å²) in [4.78, 5) is 4.68. The molecule has 14 heteroatoms. The van der Waals surface area contributed by atoms with E-state index in [-0.39, 0.29) is 28.4 Å². The van der Waals surface area contributed by atoms with Gasteiger partial charge in [-0.3, -0.25) is 0 Å². The Morgan fingerprint density at radius 1 is 1.00 bits per heavy atom. The topological polar surface area (TPSA) is 21.6 Å². The van der Waals surface area contributed by atoms with E-state index in [1.54, 1.807) is 22.4 Å². The van der Waals surface area contributed by atoms with Crippen LogP contribution in [-0.4, -0.2) is 23.2 Å². The summed E-state index contributed by atoms with van der Waals surface area (Å²) in [5.74, 6) is 0. The fourth-order valence-corrected chi connectivity index (χ4v) is 4.15. The second-order valence-corrected chi connectivity index (χ2v) is 8.23. The Labute approximate surface area is 200 Å². The Balaban J connectivity index is 2.05. The Hall–Kier alpha value is -1.64. The lowest BCUT2D eigenvalue weighted by molar-refractivity contribution is -0.276. The number of rotatable bonds is 4. The van der Waals surface area contributed by atoms with Crippen molar-refractivity contribution in [3.63, 3.8) is 0 Å². The standard InChI is InChI=1S/C19H10BClF9INO/c21-13-5-11(4-12(6-13)18(25,26)27)16(19(28,29)30)8-15(32-33-16)9-1-2-14(20-31)10(3-9)7-17(22,23)24/h1-6H,7-8H2. The van der Waals surface area contributed by atoms with Gasteiger partial charge in [-0.2, -0.15) is 61.9 Å². The van der Waals surface area contributed by atoms with Gasteiger partial charge in [-0.15, -0.1) is 0 Å². The van der Waals surface area contributed by atoms with E-state index in [2.05, 4.69) is 9.99 Å². The van der Waals surface area contributed by atoms with Crippen LogP contribution in [0.15, 0.2) is 41.6 Å². The number of alkyl halides is 9. The summed E-state index contributed by atoms with van der Waals surface area (Å²) in [6, 6.07) is 4.99. The smallest absolute Gasteiger partial charge is 0.374 e. The van der Waals surface area contributed by atoms with E-state index in [0.29, 0.717) is 12.1 Å². The van der Waals surface area contributed by atoms with Gasteiger partial charge in [0, 0.05) is 17.0 Å². The van der Waals surface area contributed by atoms with E-state index >= 15 is 0 Å². The molecule has 33 heavy (non-hydrogen) atoms. The van der Waals surface area contributed by atoms with Gasteiger partial charge in [0.2, 0.25) is 5.14 Å². The van der Waals surface area contributed by atoms with Crippen LogP contribution in [0.1, 0.15) is 28.7 Å². The van der Waals surface area contributed by atoms with Gasteiger partial charge in [0.25, 0.3) is 5.60 Å². The van der Waals surface area contributed by atoms with Crippen LogP contribution in [0.5, 0.6) is 0 Å². The molecular weight excluding hydrogens is 602 g/mol. The van der Waals surface area contributed by atoms with Crippen molar-refractivity contribution >= 4 is 50.3 Å².